The van der Waals surface area contributed by atoms with E-state index in [9.17, 15) is 14.0 Å². The molecular formula is C26H28FN5O3. The summed E-state index contributed by atoms with van der Waals surface area (Å²) in [6.07, 6.45) is 3.82. The first-order chi connectivity index (χ1) is 17.0. The average molecular weight is 478 g/mol. The van der Waals surface area contributed by atoms with Gasteiger partial charge in [0, 0.05) is 44.0 Å². The van der Waals surface area contributed by atoms with Crippen LogP contribution in [-0.2, 0) is 4.79 Å². The van der Waals surface area contributed by atoms with Crippen molar-refractivity contribution >= 4 is 11.8 Å². The second-order valence-electron chi connectivity index (χ2n) is 8.95. The molecule has 2 heterocycles. The number of nitrogens with zero attached hydrogens (tertiary/aromatic N) is 4. The molecule has 1 N–H and O–H groups in total. The Balaban J connectivity index is 1.37. The van der Waals surface area contributed by atoms with Crippen LogP contribution >= 0.6 is 0 Å². The molecule has 9 heteroatoms. The molecule has 2 aromatic carbocycles. The molecule has 3 aromatic rings. The molecule has 1 saturated carbocycles. The minimum atomic E-state index is -0.339. The van der Waals surface area contributed by atoms with Crippen molar-refractivity contribution in [1.29, 1.82) is 0 Å². The summed E-state index contributed by atoms with van der Waals surface area (Å²) in [4.78, 5) is 29.6. The van der Waals surface area contributed by atoms with Crippen LogP contribution in [0.1, 0.15) is 23.2 Å². The Morgan fingerprint density at radius 2 is 1.83 bits per heavy atom. The highest BCUT2D eigenvalue weighted by Crippen LogP contribution is 2.28. The van der Waals surface area contributed by atoms with E-state index in [1.54, 1.807) is 35.0 Å². The van der Waals surface area contributed by atoms with Crippen LogP contribution in [-0.4, -0.2) is 77.3 Å². The SMILES string of the molecule is COc1cccc(-c2nn(-c3ccc(F)cc3)cc2C(=O)N2CCN(CC(=O)NC3CC3)CC2)c1. The first-order valence-electron chi connectivity index (χ1n) is 11.8. The number of amides is 2. The maximum absolute atomic E-state index is 13.6. The average Bonchev–Trinajstić information content (AvgIpc) is 3.58. The lowest BCUT2D eigenvalue weighted by Gasteiger charge is -2.34. The van der Waals surface area contributed by atoms with Crippen LogP contribution in [0.15, 0.2) is 54.7 Å². The summed E-state index contributed by atoms with van der Waals surface area (Å²) in [5, 5.41) is 7.70. The van der Waals surface area contributed by atoms with E-state index in [-0.39, 0.29) is 17.6 Å². The number of halogens is 1. The van der Waals surface area contributed by atoms with E-state index in [4.69, 9.17) is 4.74 Å². The van der Waals surface area contributed by atoms with E-state index in [1.165, 1.54) is 12.1 Å². The summed E-state index contributed by atoms with van der Waals surface area (Å²) in [5.74, 6) is 0.246. The summed E-state index contributed by atoms with van der Waals surface area (Å²) in [6.45, 7) is 2.66. The Hall–Kier alpha value is -3.72. The van der Waals surface area contributed by atoms with Crippen molar-refractivity contribution in [2.45, 2.75) is 18.9 Å². The second kappa shape index (κ2) is 9.87. The van der Waals surface area contributed by atoms with E-state index >= 15 is 0 Å². The Bertz CT molecular complexity index is 1210. The fourth-order valence-electron chi connectivity index (χ4n) is 4.22. The molecule has 1 aliphatic carbocycles. The van der Waals surface area contributed by atoms with Gasteiger partial charge in [0.1, 0.15) is 17.3 Å². The van der Waals surface area contributed by atoms with E-state index in [1.807, 2.05) is 24.3 Å². The second-order valence-corrected chi connectivity index (χ2v) is 8.95. The van der Waals surface area contributed by atoms with Gasteiger partial charge in [0.15, 0.2) is 0 Å². The quantitative estimate of drug-likeness (QED) is 0.566. The normalized spacial score (nSPS) is 16.2. The molecule has 35 heavy (non-hydrogen) atoms. The Kier molecular flexibility index (Phi) is 6.50. The minimum Gasteiger partial charge on any atom is -0.497 e. The molecule has 0 bridgehead atoms. The highest BCUT2D eigenvalue weighted by atomic mass is 19.1. The van der Waals surface area contributed by atoms with Gasteiger partial charge in [-0.3, -0.25) is 14.5 Å². The van der Waals surface area contributed by atoms with Gasteiger partial charge in [0.2, 0.25) is 5.91 Å². The zero-order valence-electron chi connectivity index (χ0n) is 19.6. The van der Waals surface area contributed by atoms with Crippen molar-refractivity contribution in [3.8, 4) is 22.7 Å². The molecule has 2 amide bonds. The monoisotopic (exact) mass is 477 g/mol. The van der Waals surface area contributed by atoms with Gasteiger partial charge in [0.05, 0.1) is 24.9 Å². The first-order valence-corrected chi connectivity index (χ1v) is 11.8. The lowest BCUT2D eigenvalue weighted by Crippen LogP contribution is -2.51. The molecule has 1 aliphatic heterocycles. The number of nitrogens with one attached hydrogen (secondary N) is 1. The topological polar surface area (TPSA) is 79.7 Å². The van der Waals surface area contributed by atoms with Crippen LogP contribution in [0.3, 0.4) is 0 Å². The van der Waals surface area contributed by atoms with E-state index in [2.05, 4.69) is 15.3 Å². The summed E-state index contributed by atoms with van der Waals surface area (Å²) < 4.78 is 20.4. The van der Waals surface area contributed by atoms with Gasteiger partial charge in [-0.1, -0.05) is 12.1 Å². The number of hydrogen-bond acceptors (Lipinski definition) is 5. The number of carbonyl (C=O) groups is 2. The molecule has 8 nitrogen and oxygen atoms in total. The zero-order valence-corrected chi connectivity index (χ0v) is 19.6. The summed E-state index contributed by atoms with van der Waals surface area (Å²) in [7, 11) is 1.59. The highest BCUT2D eigenvalue weighted by Gasteiger charge is 2.29. The number of aromatic nitrogens is 2. The lowest BCUT2D eigenvalue weighted by atomic mass is 10.1. The van der Waals surface area contributed by atoms with Crippen LogP contribution in [0.2, 0.25) is 0 Å². The third-order valence-electron chi connectivity index (χ3n) is 6.35. The highest BCUT2D eigenvalue weighted by molar-refractivity contribution is 6.00. The molecule has 182 valence electrons. The van der Waals surface area contributed by atoms with Crippen LogP contribution in [0.25, 0.3) is 16.9 Å². The predicted octanol–water partition coefficient (Wildman–Crippen LogP) is 2.72. The maximum Gasteiger partial charge on any atom is 0.257 e. The maximum atomic E-state index is 13.6. The van der Waals surface area contributed by atoms with E-state index < -0.39 is 0 Å². The zero-order chi connectivity index (χ0) is 24.4. The van der Waals surface area contributed by atoms with Crippen molar-refractivity contribution in [1.82, 2.24) is 24.9 Å². The number of benzene rings is 2. The van der Waals surface area contributed by atoms with Gasteiger partial charge in [-0.15, -0.1) is 0 Å². The molecule has 2 aliphatic rings. The standard InChI is InChI=1S/C26H28FN5O3/c1-35-22-4-2-3-18(15-22)25-23(16-32(29-25)21-9-5-19(27)6-10-21)26(34)31-13-11-30(12-14-31)17-24(33)28-20-7-8-20/h2-6,9-10,15-16,20H,7-8,11-14,17H2,1H3,(H,28,33). The van der Waals surface area contributed by atoms with Crippen molar-refractivity contribution < 1.29 is 18.7 Å². The van der Waals surface area contributed by atoms with Crippen molar-refractivity contribution in [3.63, 3.8) is 0 Å². The van der Waals surface area contributed by atoms with Crippen LogP contribution in [0, 0.1) is 5.82 Å². The summed E-state index contributed by atoms with van der Waals surface area (Å²) in [6, 6.07) is 13.7. The van der Waals surface area contributed by atoms with Gasteiger partial charge in [-0.2, -0.15) is 5.10 Å². The third kappa shape index (κ3) is 5.35. The number of rotatable bonds is 7. The molecule has 0 spiro atoms. The molecule has 2 fully saturated rings. The Labute approximate surface area is 203 Å². The van der Waals surface area contributed by atoms with Crippen molar-refractivity contribution in [2.75, 3.05) is 39.8 Å². The number of methoxy groups -OCH3 is 1. The molecule has 1 saturated heterocycles. The lowest BCUT2D eigenvalue weighted by molar-refractivity contribution is -0.122. The van der Waals surface area contributed by atoms with Crippen LogP contribution in [0.5, 0.6) is 5.75 Å². The van der Waals surface area contributed by atoms with Crippen molar-refractivity contribution in [2.24, 2.45) is 0 Å². The summed E-state index contributed by atoms with van der Waals surface area (Å²) in [5.41, 5.74) is 2.40. The molecule has 1 aromatic heterocycles. The predicted molar refractivity (Wildman–Crippen MR) is 129 cm³/mol. The Morgan fingerprint density at radius 3 is 2.51 bits per heavy atom. The number of carbonyl (C=O) groups excluding carboxylic acids is 2. The van der Waals surface area contributed by atoms with Crippen LogP contribution in [0.4, 0.5) is 4.39 Å². The van der Waals surface area contributed by atoms with Crippen molar-refractivity contribution in [3.05, 3.63) is 66.1 Å². The van der Waals surface area contributed by atoms with Gasteiger partial charge in [-0.25, -0.2) is 9.07 Å². The van der Waals surface area contributed by atoms with Gasteiger partial charge < -0.3 is 15.0 Å². The van der Waals surface area contributed by atoms with E-state index in [0.29, 0.717) is 61.5 Å². The molecule has 0 unspecified atom stereocenters. The molecule has 0 radical (unpaired) electrons. The summed E-state index contributed by atoms with van der Waals surface area (Å²) >= 11 is 0. The van der Waals surface area contributed by atoms with Gasteiger partial charge in [-0.05, 0) is 49.2 Å². The number of piperazine rings is 1. The fraction of sp³-hybridized carbons (Fsp3) is 0.346. The van der Waals surface area contributed by atoms with Gasteiger partial charge in [0.25, 0.3) is 5.91 Å². The molecular weight excluding hydrogens is 449 g/mol. The van der Waals surface area contributed by atoms with Crippen LogP contribution < -0.4 is 10.1 Å². The fourth-order valence-corrected chi connectivity index (χ4v) is 4.22. The minimum absolute atomic E-state index is 0.0492. The molecule has 0 atom stereocenters. The first kappa shape index (κ1) is 23.0. The van der Waals surface area contributed by atoms with E-state index in [0.717, 1.165) is 18.4 Å². The number of ether oxygens (including phenoxy) is 1. The molecule has 5 rings (SSSR count). The smallest absolute Gasteiger partial charge is 0.257 e. The Morgan fingerprint density at radius 1 is 1.09 bits per heavy atom. The third-order valence-corrected chi connectivity index (χ3v) is 6.35. The number of hydrogen-bond donors (Lipinski definition) is 1. The van der Waals surface area contributed by atoms with Gasteiger partial charge >= 0.3 is 0 Å². The largest absolute Gasteiger partial charge is 0.497 e.